The second kappa shape index (κ2) is 7.72. The van der Waals surface area contributed by atoms with Gasteiger partial charge >= 0.3 is 6.03 Å². The molecule has 9 nitrogen and oxygen atoms in total. The standard InChI is InChI=1S/C17H22ClN3O6/c1-20-13(19)6-7-21(16(20)25)17(15(24)14(23)12(8-22)27-17)26-9-10-2-4-11(18)5-3-10/h2-7,12-15,22-24H,8-9,19H2,1H3/t12-,13?,14-,15-,17-/m1/s1. The second-order valence-electron chi connectivity index (χ2n) is 6.42. The molecule has 0 radical (unpaired) electrons. The van der Waals surface area contributed by atoms with Gasteiger partial charge < -0.3 is 35.4 Å². The third kappa shape index (κ3) is 3.55. The van der Waals surface area contributed by atoms with E-state index in [4.69, 9.17) is 26.8 Å². The fourth-order valence-corrected chi connectivity index (χ4v) is 3.10. The summed E-state index contributed by atoms with van der Waals surface area (Å²) >= 11 is 5.87. The Hall–Kier alpha value is -1.72. The van der Waals surface area contributed by atoms with Gasteiger partial charge in [-0.15, -0.1) is 0 Å². The molecule has 0 aromatic heterocycles. The number of rotatable bonds is 5. The van der Waals surface area contributed by atoms with Gasteiger partial charge in [0.2, 0.25) is 0 Å². The number of hydrogen-bond donors (Lipinski definition) is 4. The van der Waals surface area contributed by atoms with E-state index in [0.717, 1.165) is 4.90 Å². The van der Waals surface area contributed by atoms with Crippen LogP contribution in [0.5, 0.6) is 0 Å². The Morgan fingerprint density at radius 3 is 2.59 bits per heavy atom. The largest absolute Gasteiger partial charge is 0.394 e. The van der Waals surface area contributed by atoms with E-state index in [1.807, 2.05) is 0 Å². The number of carbonyl (C=O) groups is 1. The predicted octanol–water partition coefficient (Wildman–Crippen LogP) is -0.211. The van der Waals surface area contributed by atoms with Crippen LogP contribution in [-0.4, -0.2) is 75.2 Å². The quantitative estimate of drug-likeness (QED) is 0.539. The Kier molecular flexibility index (Phi) is 5.73. The first-order valence-corrected chi connectivity index (χ1v) is 8.71. The summed E-state index contributed by atoms with van der Waals surface area (Å²) in [6.07, 6.45) is -2.01. The molecule has 1 unspecified atom stereocenters. The Bertz CT molecular complexity index is 717. The van der Waals surface area contributed by atoms with Gasteiger partial charge in [0.1, 0.15) is 18.4 Å². The number of aliphatic hydroxyl groups is 3. The maximum Gasteiger partial charge on any atom is 0.329 e. The fraction of sp³-hybridized carbons (Fsp3) is 0.471. The molecule has 0 spiro atoms. The summed E-state index contributed by atoms with van der Waals surface area (Å²) in [7, 11) is 1.48. The zero-order valence-corrected chi connectivity index (χ0v) is 15.4. The predicted molar refractivity (Wildman–Crippen MR) is 95.1 cm³/mol. The normalized spacial score (nSPS) is 33.8. The van der Waals surface area contributed by atoms with Gasteiger partial charge in [-0.25, -0.2) is 9.69 Å². The van der Waals surface area contributed by atoms with Gasteiger partial charge in [-0.2, -0.15) is 0 Å². The van der Waals surface area contributed by atoms with Gasteiger partial charge in [-0.05, 0) is 23.8 Å². The highest BCUT2D eigenvalue weighted by Gasteiger charge is 2.61. The number of nitrogens with zero attached hydrogens (tertiary/aromatic N) is 2. The van der Waals surface area contributed by atoms with Crippen LogP contribution in [0.25, 0.3) is 0 Å². The molecule has 5 atom stereocenters. The maximum absolute atomic E-state index is 12.7. The van der Waals surface area contributed by atoms with Crippen molar-refractivity contribution in [2.75, 3.05) is 13.7 Å². The number of amides is 2. The molecule has 2 aliphatic heterocycles. The first-order chi connectivity index (χ1) is 12.8. The van der Waals surface area contributed by atoms with Gasteiger partial charge in [0.05, 0.1) is 13.2 Å². The lowest BCUT2D eigenvalue weighted by molar-refractivity contribution is -0.319. The summed E-state index contributed by atoms with van der Waals surface area (Å²) in [5, 5.41) is 30.9. The molecule has 2 aliphatic rings. The molecule has 1 aromatic carbocycles. The summed E-state index contributed by atoms with van der Waals surface area (Å²) in [5.41, 5.74) is 6.52. The summed E-state index contributed by atoms with van der Waals surface area (Å²) in [6, 6.07) is 6.18. The van der Waals surface area contributed by atoms with E-state index in [0.29, 0.717) is 10.6 Å². The maximum atomic E-state index is 12.7. The third-order valence-corrected chi connectivity index (χ3v) is 4.91. The molecule has 10 heteroatoms. The van der Waals surface area contributed by atoms with Crippen LogP contribution in [0, 0.1) is 0 Å². The summed E-state index contributed by atoms with van der Waals surface area (Å²) in [5.74, 6) is -2.03. The lowest BCUT2D eigenvalue weighted by atomic mass is 10.1. The molecule has 0 aliphatic carbocycles. The van der Waals surface area contributed by atoms with Crippen molar-refractivity contribution in [1.29, 1.82) is 0 Å². The average molecular weight is 400 g/mol. The van der Waals surface area contributed by atoms with Crippen molar-refractivity contribution in [3.05, 3.63) is 47.1 Å². The van der Waals surface area contributed by atoms with Crippen LogP contribution in [0.2, 0.25) is 5.02 Å². The summed E-state index contributed by atoms with van der Waals surface area (Å²) < 4.78 is 11.5. The van der Waals surface area contributed by atoms with Crippen molar-refractivity contribution < 1.29 is 29.6 Å². The number of aliphatic hydroxyl groups excluding tert-OH is 3. The second-order valence-corrected chi connectivity index (χ2v) is 6.85. The van der Waals surface area contributed by atoms with E-state index in [1.54, 1.807) is 24.3 Å². The van der Waals surface area contributed by atoms with Gasteiger partial charge in [-0.1, -0.05) is 23.7 Å². The van der Waals surface area contributed by atoms with Crippen molar-refractivity contribution in [3.8, 4) is 0 Å². The number of ether oxygens (including phenoxy) is 2. The Morgan fingerprint density at radius 1 is 1.33 bits per heavy atom. The number of carbonyl (C=O) groups excluding carboxylic acids is 1. The molecule has 27 heavy (non-hydrogen) atoms. The molecular formula is C17H22ClN3O6. The first kappa shape index (κ1) is 20.0. The van der Waals surface area contributed by atoms with E-state index < -0.39 is 43.0 Å². The van der Waals surface area contributed by atoms with Crippen LogP contribution in [0.3, 0.4) is 0 Å². The summed E-state index contributed by atoms with van der Waals surface area (Å²) in [6.45, 7) is -0.613. The molecule has 3 rings (SSSR count). The Labute approximate surface area is 161 Å². The molecule has 1 fully saturated rings. The number of urea groups is 1. The molecule has 0 saturated carbocycles. The van der Waals surface area contributed by atoms with Crippen molar-refractivity contribution in [1.82, 2.24) is 9.80 Å². The average Bonchev–Trinajstić information content (AvgIpc) is 2.91. The minimum Gasteiger partial charge on any atom is -0.394 e. The topological polar surface area (TPSA) is 129 Å². The van der Waals surface area contributed by atoms with Crippen LogP contribution in [0.1, 0.15) is 5.56 Å². The Balaban J connectivity index is 1.93. The molecule has 2 heterocycles. The SMILES string of the molecule is CN1C(=O)N([C@]2(OCc3ccc(Cl)cc3)O[C@H](CO)[C@@H](O)[C@H]2O)C=CC1N. The van der Waals surface area contributed by atoms with Crippen LogP contribution in [0.4, 0.5) is 4.79 Å². The Morgan fingerprint density at radius 2 is 2.00 bits per heavy atom. The minimum absolute atomic E-state index is 0.0491. The molecule has 1 aromatic rings. The highest BCUT2D eigenvalue weighted by molar-refractivity contribution is 6.30. The highest BCUT2D eigenvalue weighted by Crippen LogP contribution is 2.38. The number of nitrogens with two attached hydrogens (primary N) is 1. The number of halogens is 1. The van der Waals surface area contributed by atoms with E-state index in [1.165, 1.54) is 24.2 Å². The van der Waals surface area contributed by atoms with Crippen LogP contribution in [0.15, 0.2) is 36.5 Å². The van der Waals surface area contributed by atoms with Crippen molar-refractivity contribution in [2.24, 2.45) is 5.73 Å². The molecule has 5 N–H and O–H groups in total. The van der Waals surface area contributed by atoms with E-state index in [9.17, 15) is 20.1 Å². The molecular weight excluding hydrogens is 378 g/mol. The summed E-state index contributed by atoms with van der Waals surface area (Å²) in [4.78, 5) is 15.0. The smallest absolute Gasteiger partial charge is 0.329 e. The van der Waals surface area contributed by atoms with E-state index in [-0.39, 0.29) is 6.61 Å². The van der Waals surface area contributed by atoms with Crippen molar-refractivity contribution in [2.45, 2.75) is 37.0 Å². The number of likely N-dealkylation sites (N-methyl/N-ethyl adjacent to an activating group) is 1. The molecule has 2 amide bonds. The van der Waals surface area contributed by atoms with Crippen molar-refractivity contribution in [3.63, 3.8) is 0 Å². The first-order valence-electron chi connectivity index (χ1n) is 8.33. The van der Waals surface area contributed by atoms with Gasteiger partial charge in [0.25, 0.3) is 5.91 Å². The number of hydrogen-bond acceptors (Lipinski definition) is 7. The minimum atomic E-state index is -2.03. The van der Waals surface area contributed by atoms with E-state index >= 15 is 0 Å². The zero-order chi connectivity index (χ0) is 19.8. The van der Waals surface area contributed by atoms with E-state index in [2.05, 4.69) is 0 Å². The monoisotopic (exact) mass is 399 g/mol. The van der Waals surface area contributed by atoms with Crippen LogP contribution in [-0.2, 0) is 16.1 Å². The molecule has 0 bridgehead atoms. The highest BCUT2D eigenvalue weighted by atomic mass is 35.5. The van der Waals surface area contributed by atoms with Gasteiger partial charge in [-0.3, -0.25) is 0 Å². The van der Waals surface area contributed by atoms with Gasteiger partial charge in [0.15, 0.2) is 6.10 Å². The van der Waals surface area contributed by atoms with Gasteiger partial charge in [0, 0.05) is 18.3 Å². The lowest BCUT2D eigenvalue weighted by Gasteiger charge is -2.44. The van der Waals surface area contributed by atoms with Crippen LogP contribution >= 0.6 is 11.6 Å². The third-order valence-electron chi connectivity index (χ3n) is 4.66. The lowest BCUT2D eigenvalue weighted by Crippen LogP contribution is -2.64. The number of benzene rings is 1. The molecule has 148 valence electrons. The zero-order valence-electron chi connectivity index (χ0n) is 14.6. The fourth-order valence-electron chi connectivity index (χ4n) is 2.98. The van der Waals surface area contributed by atoms with Crippen LogP contribution < -0.4 is 5.73 Å². The van der Waals surface area contributed by atoms with Crippen molar-refractivity contribution >= 4 is 17.6 Å². The molecule has 1 saturated heterocycles.